The average Bonchev–Trinajstić information content (AvgIpc) is 2.01. The molecule has 1 aromatic heterocycles. The summed E-state index contributed by atoms with van der Waals surface area (Å²) < 4.78 is 2.24. The van der Waals surface area contributed by atoms with Crippen LogP contribution in [0.4, 0.5) is 0 Å². The predicted octanol–water partition coefficient (Wildman–Crippen LogP) is 1.71. The van der Waals surface area contributed by atoms with E-state index in [0.717, 1.165) is 12.0 Å². The van der Waals surface area contributed by atoms with Gasteiger partial charge in [0.15, 0.2) is 0 Å². The average molecular weight is 216 g/mol. The topological polar surface area (TPSA) is 22.0 Å². The van der Waals surface area contributed by atoms with Crippen LogP contribution in [0.3, 0.4) is 0 Å². The lowest BCUT2D eigenvalue weighted by atomic mass is 10.2. The van der Waals surface area contributed by atoms with E-state index in [-0.39, 0.29) is 5.56 Å². The van der Waals surface area contributed by atoms with E-state index in [4.69, 9.17) is 0 Å². The molecule has 0 aliphatic carbocycles. The molecule has 60 valence electrons. The molecule has 0 aliphatic heterocycles. The molecule has 0 aliphatic rings. The van der Waals surface area contributed by atoms with Gasteiger partial charge in [0.1, 0.15) is 0 Å². The second kappa shape index (κ2) is 3.22. The normalized spacial score (nSPS) is 10.1. The summed E-state index contributed by atoms with van der Waals surface area (Å²) in [5, 5.41) is 0. The molecular formula is C8H10BrNO. The van der Waals surface area contributed by atoms with Gasteiger partial charge in [0.05, 0.1) is 4.47 Å². The Morgan fingerprint density at radius 1 is 1.64 bits per heavy atom. The molecule has 0 bridgehead atoms. The molecule has 2 nitrogen and oxygen atoms in total. The van der Waals surface area contributed by atoms with Crippen molar-refractivity contribution in [3.63, 3.8) is 0 Å². The van der Waals surface area contributed by atoms with Crippen LogP contribution in [0.2, 0.25) is 0 Å². The molecule has 0 N–H and O–H groups in total. The maximum Gasteiger partial charge on any atom is 0.264 e. The molecule has 0 radical (unpaired) electrons. The maximum atomic E-state index is 11.3. The largest absolute Gasteiger partial charge is 0.318 e. The van der Waals surface area contributed by atoms with Crippen LogP contribution in [-0.4, -0.2) is 4.57 Å². The van der Waals surface area contributed by atoms with Gasteiger partial charge in [0, 0.05) is 13.2 Å². The summed E-state index contributed by atoms with van der Waals surface area (Å²) in [6, 6.07) is 1.95. The monoisotopic (exact) mass is 215 g/mol. The lowest BCUT2D eigenvalue weighted by Crippen LogP contribution is -2.17. The minimum absolute atomic E-state index is 0.0318. The van der Waals surface area contributed by atoms with Crippen molar-refractivity contribution in [3.8, 4) is 0 Å². The summed E-state index contributed by atoms with van der Waals surface area (Å²) in [6.45, 7) is 2.03. The SMILES string of the molecule is CCc1ccn(C)c(=O)c1Br. The molecule has 1 heterocycles. The van der Waals surface area contributed by atoms with Crippen LogP contribution in [-0.2, 0) is 13.5 Å². The molecule has 11 heavy (non-hydrogen) atoms. The lowest BCUT2D eigenvalue weighted by molar-refractivity contribution is 0.842. The van der Waals surface area contributed by atoms with Gasteiger partial charge < -0.3 is 4.57 Å². The lowest BCUT2D eigenvalue weighted by Gasteiger charge is -2.01. The van der Waals surface area contributed by atoms with E-state index in [1.54, 1.807) is 17.8 Å². The highest BCUT2D eigenvalue weighted by molar-refractivity contribution is 9.10. The summed E-state index contributed by atoms with van der Waals surface area (Å²) in [6.07, 6.45) is 2.67. The Balaban J connectivity index is 3.37. The van der Waals surface area contributed by atoms with Crippen molar-refractivity contribution in [3.05, 3.63) is 32.7 Å². The molecule has 0 saturated heterocycles. The summed E-state index contributed by atoms with van der Waals surface area (Å²) in [5.74, 6) is 0. The molecular weight excluding hydrogens is 206 g/mol. The van der Waals surface area contributed by atoms with Crippen molar-refractivity contribution < 1.29 is 0 Å². The number of hydrogen-bond acceptors (Lipinski definition) is 1. The Hall–Kier alpha value is -0.570. The number of nitrogens with zero attached hydrogens (tertiary/aromatic N) is 1. The Morgan fingerprint density at radius 3 is 2.82 bits per heavy atom. The Labute approximate surface area is 74.0 Å². The van der Waals surface area contributed by atoms with Gasteiger partial charge in [0.2, 0.25) is 0 Å². The number of aromatic nitrogens is 1. The second-order valence-corrected chi connectivity index (χ2v) is 3.22. The van der Waals surface area contributed by atoms with Gasteiger partial charge >= 0.3 is 0 Å². The fourth-order valence-corrected chi connectivity index (χ4v) is 1.60. The minimum Gasteiger partial charge on any atom is -0.318 e. The molecule has 0 unspecified atom stereocenters. The maximum absolute atomic E-state index is 11.3. The summed E-state index contributed by atoms with van der Waals surface area (Å²) in [4.78, 5) is 11.3. The molecule has 0 aromatic carbocycles. The predicted molar refractivity (Wildman–Crippen MR) is 48.8 cm³/mol. The van der Waals surface area contributed by atoms with Crippen molar-refractivity contribution >= 4 is 15.9 Å². The van der Waals surface area contributed by atoms with Crippen molar-refractivity contribution in [1.82, 2.24) is 4.57 Å². The molecule has 1 aromatic rings. The highest BCUT2D eigenvalue weighted by Gasteiger charge is 2.01. The highest BCUT2D eigenvalue weighted by Crippen LogP contribution is 2.10. The van der Waals surface area contributed by atoms with E-state index in [9.17, 15) is 4.79 Å². The van der Waals surface area contributed by atoms with Gasteiger partial charge in [-0.25, -0.2) is 0 Å². The molecule has 0 spiro atoms. The number of aryl methyl sites for hydroxylation is 2. The summed E-state index contributed by atoms with van der Waals surface area (Å²) in [7, 11) is 1.74. The Morgan fingerprint density at radius 2 is 2.27 bits per heavy atom. The van der Waals surface area contributed by atoms with E-state index < -0.39 is 0 Å². The molecule has 0 fully saturated rings. The third kappa shape index (κ3) is 1.53. The first kappa shape index (κ1) is 8.53. The second-order valence-electron chi connectivity index (χ2n) is 2.42. The highest BCUT2D eigenvalue weighted by atomic mass is 79.9. The van der Waals surface area contributed by atoms with Gasteiger partial charge in [-0.1, -0.05) is 6.92 Å². The van der Waals surface area contributed by atoms with Crippen molar-refractivity contribution in [2.75, 3.05) is 0 Å². The van der Waals surface area contributed by atoms with Crippen LogP contribution in [0.1, 0.15) is 12.5 Å². The van der Waals surface area contributed by atoms with Crippen LogP contribution < -0.4 is 5.56 Å². The quantitative estimate of drug-likeness (QED) is 0.700. The van der Waals surface area contributed by atoms with E-state index in [1.165, 1.54) is 0 Å². The van der Waals surface area contributed by atoms with Crippen LogP contribution in [0.15, 0.2) is 21.5 Å². The van der Waals surface area contributed by atoms with Gasteiger partial charge in [-0.15, -0.1) is 0 Å². The van der Waals surface area contributed by atoms with E-state index in [0.29, 0.717) is 4.47 Å². The number of hydrogen-bond donors (Lipinski definition) is 0. The van der Waals surface area contributed by atoms with Crippen LogP contribution >= 0.6 is 15.9 Å². The Kier molecular flexibility index (Phi) is 2.49. The standard InChI is InChI=1S/C8H10BrNO/c1-3-6-4-5-10(2)8(11)7(6)9/h4-5H,3H2,1-2H3. The zero-order valence-electron chi connectivity index (χ0n) is 6.60. The molecule has 0 atom stereocenters. The summed E-state index contributed by atoms with van der Waals surface area (Å²) in [5.41, 5.74) is 1.09. The first-order chi connectivity index (χ1) is 5.16. The minimum atomic E-state index is 0.0318. The molecule has 3 heteroatoms. The first-order valence-electron chi connectivity index (χ1n) is 3.50. The van der Waals surface area contributed by atoms with E-state index >= 15 is 0 Å². The van der Waals surface area contributed by atoms with Crippen molar-refractivity contribution in [2.24, 2.45) is 7.05 Å². The molecule has 0 saturated carbocycles. The fraction of sp³-hybridized carbons (Fsp3) is 0.375. The van der Waals surface area contributed by atoms with Crippen LogP contribution in [0.5, 0.6) is 0 Å². The van der Waals surface area contributed by atoms with Crippen molar-refractivity contribution in [2.45, 2.75) is 13.3 Å². The van der Waals surface area contributed by atoms with Gasteiger partial charge in [-0.2, -0.15) is 0 Å². The zero-order chi connectivity index (χ0) is 8.43. The Bertz CT molecular complexity index is 316. The van der Waals surface area contributed by atoms with E-state index in [1.807, 2.05) is 13.0 Å². The molecule has 0 amide bonds. The number of halogens is 1. The van der Waals surface area contributed by atoms with Gasteiger partial charge in [0.25, 0.3) is 5.56 Å². The first-order valence-corrected chi connectivity index (χ1v) is 4.30. The third-order valence-electron chi connectivity index (χ3n) is 1.67. The van der Waals surface area contributed by atoms with Gasteiger partial charge in [-0.3, -0.25) is 4.79 Å². The van der Waals surface area contributed by atoms with Crippen LogP contribution in [0.25, 0.3) is 0 Å². The zero-order valence-corrected chi connectivity index (χ0v) is 8.18. The van der Waals surface area contributed by atoms with Gasteiger partial charge in [-0.05, 0) is 34.0 Å². The van der Waals surface area contributed by atoms with Crippen molar-refractivity contribution in [1.29, 1.82) is 0 Å². The molecule has 1 rings (SSSR count). The van der Waals surface area contributed by atoms with E-state index in [2.05, 4.69) is 15.9 Å². The fourth-order valence-electron chi connectivity index (χ4n) is 0.908. The third-order valence-corrected chi connectivity index (χ3v) is 2.52. The summed E-state index contributed by atoms with van der Waals surface area (Å²) >= 11 is 3.26. The number of pyridine rings is 1. The number of rotatable bonds is 1. The van der Waals surface area contributed by atoms with Crippen LogP contribution in [0, 0.1) is 0 Å². The smallest absolute Gasteiger partial charge is 0.264 e.